The van der Waals surface area contributed by atoms with Crippen molar-refractivity contribution in [2.24, 2.45) is 7.05 Å². The van der Waals surface area contributed by atoms with E-state index in [2.05, 4.69) is 20.2 Å². The summed E-state index contributed by atoms with van der Waals surface area (Å²) in [6, 6.07) is 6.73. The molecular formula is C17H15ClN6O3S. The van der Waals surface area contributed by atoms with Crippen LogP contribution in [0.5, 0.6) is 0 Å². The van der Waals surface area contributed by atoms with Crippen LogP contribution >= 0.6 is 11.6 Å². The van der Waals surface area contributed by atoms with Crippen LogP contribution in [0, 0.1) is 6.92 Å². The van der Waals surface area contributed by atoms with Gasteiger partial charge in [0.1, 0.15) is 18.3 Å². The number of aryl methyl sites for hydroxylation is 2. The fourth-order valence-corrected chi connectivity index (χ4v) is 3.91. The van der Waals surface area contributed by atoms with E-state index in [4.69, 9.17) is 16.1 Å². The molecule has 0 aliphatic heterocycles. The summed E-state index contributed by atoms with van der Waals surface area (Å²) in [7, 11) is 0.399. The zero-order chi connectivity index (χ0) is 19.8. The fourth-order valence-electron chi connectivity index (χ4n) is 2.82. The lowest BCUT2D eigenvalue weighted by atomic mass is 10.3. The van der Waals surface area contributed by atoms with E-state index in [-0.39, 0.29) is 23.7 Å². The molecule has 0 aliphatic carbocycles. The van der Waals surface area contributed by atoms with Crippen molar-refractivity contribution >= 4 is 33.4 Å². The van der Waals surface area contributed by atoms with E-state index < -0.39 is 10.8 Å². The van der Waals surface area contributed by atoms with Gasteiger partial charge in [0, 0.05) is 17.0 Å². The number of hydrogen-bond acceptors (Lipinski definition) is 7. The van der Waals surface area contributed by atoms with Crippen LogP contribution < -0.4 is 5.56 Å². The van der Waals surface area contributed by atoms with E-state index in [1.807, 2.05) is 0 Å². The summed E-state index contributed by atoms with van der Waals surface area (Å²) in [6.45, 7) is 1.82. The Balaban J connectivity index is 1.54. The summed E-state index contributed by atoms with van der Waals surface area (Å²) in [5.41, 5.74) is 0.886. The maximum atomic E-state index is 12.7. The Hall–Kier alpha value is -2.85. The molecule has 0 saturated heterocycles. The minimum atomic E-state index is -1.33. The van der Waals surface area contributed by atoms with Crippen molar-refractivity contribution in [1.82, 2.24) is 29.5 Å². The molecule has 0 amide bonds. The van der Waals surface area contributed by atoms with Gasteiger partial charge in [-0.1, -0.05) is 16.8 Å². The monoisotopic (exact) mass is 418 g/mol. The molecule has 3 aromatic heterocycles. The van der Waals surface area contributed by atoms with Crippen LogP contribution in [-0.4, -0.2) is 33.7 Å². The van der Waals surface area contributed by atoms with Gasteiger partial charge in [-0.3, -0.25) is 13.6 Å². The van der Waals surface area contributed by atoms with Crippen LogP contribution in [0.1, 0.15) is 17.4 Å². The Morgan fingerprint density at radius 2 is 2.00 bits per heavy atom. The van der Waals surface area contributed by atoms with Gasteiger partial charge >= 0.3 is 0 Å². The summed E-state index contributed by atoms with van der Waals surface area (Å²) in [4.78, 5) is 21.8. The third-order valence-corrected chi connectivity index (χ3v) is 5.71. The first kappa shape index (κ1) is 18.5. The normalized spacial score (nSPS) is 12.5. The number of rotatable bonds is 5. The molecule has 0 aliphatic rings. The molecule has 0 fully saturated rings. The van der Waals surface area contributed by atoms with Gasteiger partial charge in [0.15, 0.2) is 11.5 Å². The minimum absolute atomic E-state index is 0.0662. The van der Waals surface area contributed by atoms with Crippen LogP contribution in [0.25, 0.3) is 11.0 Å². The zero-order valence-corrected chi connectivity index (χ0v) is 16.6. The fraction of sp³-hybridized carbons (Fsp3) is 0.235. The molecule has 9 nitrogen and oxygen atoms in total. The first-order valence-electron chi connectivity index (χ1n) is 8.26. The molecule has 4 rings (SSSR count). The van der Waals surface area contributed by atoms with Crippen molar-refractivity contribution in [2.45, 2.75) is 24.1 Å². The van der Waals surface area contributed by atoms with Crippen molar-refractivity contribution in [2.75, 3.05) is 0 Å². The van der Waals surface area contributed by atoms with Gasteiger partial charge in [0.05, 0.1) is 22.2 Å². The second-order valence-corrected chi connectivity index (χ2v) is 8.02. The van der Waals surface area contributed by atoms with Crippen molar-refractivity contribution < 1.29 is 8.73 Å². The van der Waals surface area contributed by atoms with Gasteiger partial charge in [-0.15, -0.1) is 0 Å². The highest BCUT2D eigenvalue weighted by Gasteiger charge is 2.16. The van der Waals surface area contributed by atoms with E-state index in [0.717, 1.165) is 0 Å². The highest BCUT2D eigenvalue weighted by Crippen LogP contribution is 2.15. The molecule has 0 N–H and O–H groups in total. The lowest BCUT2D eigenvalue weighted by Crippen LogP contribution is -2.21. The Bertz CT molecular complexity index is 1240. The second-order valence-electron chi connectivity index (χ2n) is 6.13. The zero-order valence-electron chi connectivity index (χ0n) is 15.0. The SMILES string of the molecule is Cc1nn(C)c2ncn(Cc3nc(CS(=O)c4ccc(Cl)cc4)no3)c(=O)c12. The highest BCUT2D eigenvalue weighted by molar-refractivity contribution is 7.84. The lowest BCUT2D eigenvalue weighted by Gasteiger charge is -2.01. The molecule has 0 saturated carbocycles. The van der Waals surface area contributed by atoms with Gasteiger partial charge in [0.2, 0.25) is 5.89 Å². The summed E-state index contributed by atoms with van der Waals surface area (Å²) in [6.07, 6.45) is 1.42. The molecule has 11 heteroatoms. The number of fused-ring (bicyclic) bond motifs is 1. The first-order chi connectivity index (χ1) is 13.4. The third kappa shape index (κ3) is 3.48. The molecule has 28 heavy (non-hydrogen) atoms. The summed E-state index contributed by atoms with van der Waals surface area (Å²) < 4.78 is 20.5. The molecule has 0 spiro atoms. The topological polar surface area (TPSA) is 109 Å². The number of benzene rings is 1. The van der Waals surface area contributed by atoms with Crippen LogP contribution in [0.15, 0.2) is 44.8 Å². The van der Waals surface area contributed by atoms with E-state index in [9.17, 15) is 9.00 Å². The van der Waals surface area contributed by atoms with Crippen molar-refractivity contribution in [1.29, 1.82) is 0 Å². The van der Waals surface area contributed by atoms with E-state index in [1.54, 1.807) is 42.9 Å². The second kappa shape index (κ2) is 7.28. The van der Waals surface area contributed by atoms with E-state index >= 15 is 0 Å². The number of hydrogen-bond donors (Lipinski definition) is 0. The smallest absolute Gasteiger partial charge is 0.265 e. The van der Waals surface area contributed by atoms with Gasteiger partial charge in [-0.25, -0.2) is 9.67 Å². The van der Waals surface area contributed by atoms with Gasteiger partial charge in [-0.05, 0) is 31.2 Å². The van der Waals surface area contributed by atoms with Crippen LogP contribution in [-0.2, 0) is 30.1 Å². The van der Waals surface area contributed by atoms with E-state index in [1.165, 1.54) is 10.9 Å². The first-order valence-corrected chi connectivity index (χ1v) is 9.96. The number of aromatic nitrogens is 6. The summed E-state index contributed by atoms with van der Waals surface area (Å²) in [5, 5.41) is 9.09. The standard InChI is InChI=1S/C17H15ClN6O3S/c1-10-15-16(23(2)21-10)19-9-24(17(15)25)7-14-20-13(22-27-14)8-28(26)12-5-3-11(18)4-6-12/h3-6,9H,7-8H2,1-2H3. The molecule has 144 valence electrons. The quantitative estimate of drug-likeness (QED) is 0.486. The van der Waals surface area contributed by atoms with Crippen LogP contribution in [0.4, 0.5) is 0 Å². The average molecular weight is 419 g/mol. The Morgan fingerprint density at radius 3 is 2.75 bits per heavy atom. The average Bonchev–Trinajstić information content (AvgIpc) is 3.22. The molecule has 4 aromatic rings. The molecule has 1 aromatic carbocycles. The predicted molar refractivity (Wildman–Crippen MR) is 102 cm³/mol. The van der Waals surface area contributed by atoms with Crippen molar-refractivity contribution in [3.8, 4) is 0 Å². The molecule has 1 atom stereocenters. The summed E-state index contributed by atoms with van der Waals surface area (Å²) >= 11 is 5.84. The minimum Gasteiger partial charge on any atom is -0.337 e. The maximum Gasteiger partial charge on any atom is 0.265 e. The molecular weight excluding hydrogens is 404 g/mol. The molecule has 0 radical (unpaired) electrons. The highest BCUT2D eigenvalue weighted by atomic mass is 35.5. The van der Waals surface area contributed by atoms with Gasteiger partial charge < -0.3 is 4.52 Å². The summed E-state index contributed by atoms with van der Waals surface area (Å²) in [5.74, 6) is 0.620. The Labute approximate surface area is 166 Å². The molecule has 1 unspecified atom stereocenters. The molecule has 0 bridgehead atoms. The predicted octanol–water partition coefficient (Wildman–Crippen LogP) is 1.83. The molecule has 3 heterocycles. The van der Waals surface area contributed by atoms with Crippen LogP contribution in [0.3, 0.4) is 0 Å². The lowest BCUT2D eigenvalue weighted by molar-refractivity contribution is 0.365. The van der Waals surface area contributed by atoms with Crippen LogP contribution in [0.2, 0.25) is 5.02 Å². The van der Waals surface area contributed by atoms with Crippen molar-refractivity contribution in [3.63, 3.8) is 0 Å². The van der Waals surface area contributed by atoms with E-state index in [0.29, 0.717) is 32.5 Å². The van der Waals surface area contributed by atoms with Gasteiger partial charge in [-0.2, -0.15) is 10.1 Å². The van der Waals surface area contributed by atoms with Crippen molar-refractivity contribution in [3.05, 3.63) is 63.4 Å². The largest absolute Gasteiger partial charge is 0.337 e. The third-order valence-electron chi connectivity index (χ3n) is 4.14. The Kier molecular flexibility index (Phi) is 4.82. The maximum absolute atomic E-state index is 12.7. The van der Waals surface area contributed by atoms with Gasteiger partial charge in [0.25, 0.3) is 5.56 Å². The number of halogens is 1. The Morgan fingerprint density at radius 1 is 1.25 bits per heavy atom. The number of nitrogens with zero attached hydrogens (tertiary/aromatic N) is 6.